The van der Waals surface area contributed by atoms with Crippen LogP contribution in [0, 0.1) is 0 Å². The number of piperidine rings is 1. The summed E-state index contributed by atoms with van der Waals surface area (Å²) in [6.45, 7) is 10.3. The zero-order chi connectivity index (χ0) is 13.7. The molecule has 1 aliphatic heterocycles. The number of aromatic nitrogens is 1. The Hall–Kier alpha value is -0.650. The van der Waals surface area contributed by atoms with E-state index in [1.165, 1.54) is 17.7 Å². The Morgan fingerprint density at radius 1 is 1.58 bits per heavy atom. The van der Waals surface area contributed by atoms with Gasteiger partial charge in [-0.05, 0) is 33.2 Å². The summed E-state index contributed by atoms with van der Waals surface area (Å²) in [5, 5.41) is 4.58. The van der Waals surface area contributed by atoms with Crippen LogP contribution in [0.5, 0.6) is 0 Å². The van der Waals surface area contributed by atoms with Crippen LogP contribution in [0.4, 0.5) is 5.13 Å². The first-order valence-electron chi connectivity index (χ1n) is 7.30. The summed E-state index contributed by atoms with van der Waals surface area (Å²) in [5.74, 6) is 0. The first-order valence-corrected chi connectivity index (χ1v) is 8.11. The topological polar surface area (TPSA) is 37.4 Å². The van der Waals surface area contributed by atoms with Crippen molar-refractivity contribution in [2.75, 3.05) is 31.1 Å². The largest absolute Gasteiger partial charge is 0.377 e. The molecule has 4 nitrogen and oxygen atoms in total. The van der Waals surface area contributed by atoms with Gasteiger partial charge >= 0.3 is 0 Å². The molecule has 5 heteroatoms. The van der Waals surface area contributed by atoms with E-state index in [1.54, 1.807) is 11.3 Å². The summed E-state index contributed by atoms with van der Waals surface area (Å²) in [5.41, 5.74) is 0. The Labute approximate surface area is 120 Å². The highest BCUT2D eigenvalue weighted by molar-refractivity contribution is 7.15. The van der Waals surface area contributed by atoms with Crippen LogP contribution in [-0.4, -0.2) is 37.3 Å². The van der Waals surface area contributed by atoms with Crippen molar-refractivity contribution >= 4 is 16.5 Å². The van der Waals surface area contributed by atoms with Gasteiger partial charge in [-0.2, -0.15) is 0 Å². The van der Waals surface area contributed by atoms with Gasteiger partial charge in [0.05, 0.1) is 6.10 Å². The van der Waals surface area contributed by atoms with Crippen molar-refractivity contribution in [3.63, 3.8) is 0 Å². The molecule has 0 amide bonds. The van der Waals surface area contributed by atoms with Gasteiger partial charge in [0.1, 0.15) is 0 Å². The lowest BCUT2D eigenvalue weighted by molar-refractivity contribution is 0.0526. The van der Waals surface area contributed by atoms with Gasteiger partial charge in [-0.15, -0.1) is 11.3 Å². The van der Waals surface area contributed by atoms with Crippen molar-refractivity contribution in [2.24, 2.45) is 0 Å². The van der Waals surface area contributed by atoms with E-state index in [0.717, 1.165) is 31.4 Å². The maximum Gasteiger partial charge on any atom is 0.185 e. The summed E-state index contributed by atoms with van der Waals surface area (Å²) >= 11 is 1.80. The van der Waals surface area contributed by atoms with E-state index >= 15 is 0 Å². The number of hydrogen-bond acceptors (Lipinski definition) is 5. The molecule has 1 N–H and O–H groups in total. The molecular formula is C14H25N3OS. The van der Waals surface area contributed by atoms with Crippen molar-refractivity contribution in [1.29, 1.82) is 0 Å². The van der Waals surface area contributed by atoms with Gasteiger partial charge in [-0.1, -0.05) is 6.92 Å². The molecule has 2 rings (SSSR count). The minimum Gasteiger partial charge on any atom is -0.377 e. The second-order valence-corrected chi connectivity index (χ2v) is 6.03. The highest BCUT2D eigenvalue weighted by Crippen LogP contribution is 2.29. The highest BCUT2D eigenvalue weighted by atomic mass is 32.1. The highest BCUT2D eigenvalue weighted by Gasteiger charge is 2.22. The smallest absolute Gasteiger partial charge is 0.185 e. The van der Waals surface area contributed by atoms with E-state index in [9.17, 15) is 0 Å². The van der Waals surface area contributed by atoms with Crippen LogP contribution in [0.2, 0.25) is 0 Å². The second kappa shape index (κ2) is 7.22. The number of hydrogen-bond donors (Lipinski definition) is 1. The molecule has 1 saturated heterocycles. The SMILES string of the molecule is CCNC(C)c1cnc(N2CCCC(OCC)C2)s1. The number of nitrogens with zero attached hydrogens (tertiary/aromatic N) is 2. The van der Waals surface area contributed by atoms with Gasteiger partial charge in [-0.3, -0.25) is 0 Å². The van der Waals surface area contributed by atoms with Crippen LogP contribution < -0.4 is 10.2 Å². The number of nitrogens with one attached hydrogen (secondary N) is 1. The maximum absolute atomic E-state index is 5.75. The van der Waals surface area contributed by atoms with Crippen LogP contribution in [0.3, 0.4) is 0 Å². The molecule has 1 fully saturated rings. The minimum absolute atomic E-state index is 0.372. The van der Waals surface area contributed by atoms with Crippen LogP contribution in [0.15, 0.2) is 6.20 Å². The third-order valence-electron chi connectivity index (χ3n) is 3.50. The van der Waals surface area contributed by atoms with Gasteiger partial charge in [0.15, 0.2) is 5.13 Å². The Bertz CT molecular complexity index is 381. The second-order valence-electron chi connectivity index (χ2n) is 4.99. The van der Waals surface area contributed by atoms with Crippen molar-refractivity contribution in [3.8, 4) is 0 Å². The molecule has 1 aromatic heterocycles. The Morgan fingerprint density at radius 3 is 3.16 bits per heavy atom. The van der Waals surface area contributed by atoms with Gasteiger partial charge < -0.3 is 15.0 Å². The van der Waals surface area contributed by atoms with E-state index in [0.29, 0.717) is 12.1 Å². The third kappa shape index (κ3) is 3.91. The summed E-state index contributed by atoms with van der Waals surface area (Å²) in [7, 11) is 0. The minimum atomic E-state index is 0.372. The first kappa shape index (κ1) is 14.8. The van der Waals surface area contributed by atoms with Crippen molar-refractivity contribution in [1.82, 2.24) is 10.3 Å². The Morgan fingerprint density at radius 2 is 2.42 bits per heavy atom. The van der Waals surface area contributed by atoms with E-state index in [2.05, 4.69) is 36.0 Å². The molecule has 0 spiro atoms. The summed E-state index contributed by atoms with van der Waals surface area (Å²) in [4.78, 5) is 8.27. The fourth-order valence-electron chi connectivity index (χ4n) is 2.51. The summed E-state index contributed by atoms with van der Waals surface area (Å²) < 4.78 is 5.75. The first-order chi connectivity index (χ1) is 9.24. The summed E-state index contributed by atoms with van der Waals surface area (Å²) in [6.07, 6.45) is 4.76. The van der Waals surface area contributed by atoms with Crippen molar-refractivity contribution in [3.05, 3.63) is 11.1 Å². The Balaban J connectivity index is 1.97. The molecule has 0 radical (unpaired) electrons. The molecule has 2 unspecified atom stereocenters. The average molecular weight is 283 g/mol. The molecule has 0 saturated carbocycles. The zero-order valence-electron chi connectivity index (χ0n) is 12.2. The lowest BCUT2D eigenvalue weighted by atomic mass is 10.1. The van der Waals surface area contributed by atoms with Gasteiger partial charge in [0.25, 0.3) is 0 Å². The number of anilines is 1. The molecule has 19 heavy (non-hydrogen) atoms. The Kier molecular flexibility index (Phi) is 5.60. The lowest BCUT2D eigenvalue weighted by Gasteiger charge is -2.32. The van der Waals surface area contributed by atoms with Gasteiger partial charge in [0.2, 0.25) is 0 Å². The molecule has 1 aliphatic rings. The lowest BCUT2D eigenvalue weighted by Crippen LogP contribution is -2.39. The molecule has 0 aliphatic carbocycles. The molecule has 108 valence electrons. The average Bonchev–Trinajstić information content (AvgIpc) is 2.89. The van der Waals surface area contributed by atoms with E-state index < -0.39 is 0 Å². The molecule has 0 bridgehead atoms. The fraction of sp³-hybridized carbons (Fsp3) is 0.786. The van der Waals surface area contributed by atoms with Crippen LogP contribution >= 0.6 is 11.3 Å². The van der Waals surface area contributed by atoms with Crippen LogP contribution in [0.25, 0.3) is 0 Å². The normalized spacial score (nSPS) is 21.6. The maximum atomic E-state index is 5.75. The molecular weight excluding hydrogens is 258 g/mol. The number of rotatable bonds is 6. The quantitative estimate of drug-likeness (QED) is 0.871. The van der Waals surface area contributed by atoms with Crippen LogP contribution in [0.1, 0.15) is 44.5 Å². The zero-order valence-corrected chi connectivity index (χ0v) is 13.0. The van der Waals surface area contributed by atoms with Crippen molar-refractivity contribution < 1.29 is 4.74 Å². The van der Waals surface area contributed by atoms with Gasteiger partial charge in [-0.25, -0.2) is 4.98 Å². The predicted octanol–water partition coefficient (Wildman–Crippen LogP) is 2.82. The fourth-order valence-corrected chi connectivity index (χ4v) is 3.49. The molecule has 2 atom stereocenters. The van der Waals surface area contributed by atoms with Crippen LogP contribution in [-0.2, 0) is 4.74 Å². The number of ether oxygens (including phenoxy) is 1. The van der Waals surface area contributed by atoms with E-state index in [4.69, 9.17) is 4.74 Å². The summed E-state index contributed by atoms with van der Waals surface area (Å²) in [6, 6.07) is 0.392. The van der Waals surface area contributed by atoms with E-state index in [-0.39, 0.29) is 0 Å². The standard InChI is InChI=1S/C14H25N3OS/c1-4-15-11(3)13-9-16-14(19-13)17-8-6-7-12(10-17)18-5-2/h9,11-12,15H,4-8,10H2,1-3H3. The molecule has 0 aromatic carbocycles. The third-order valence-corrected chi connectivity index (χ3v) is 4.74. The van der Waals surface area contributed by atoms with Gasteiger partial charge in [0, 0.05) is 36.8 Å². The van der Waals surface area contributed by atoms with E-state index in [1.807, 2.05) is 6.20 Å². The molecule has 2 heterocycles. The monoisotopic (exact) mass is 283 g/mol. The van der Waals surface area contributed by atoms with Crippen molar-refractivity contribution in [2.45, 2.75) is 45.8 Å². The number of thiazole rings is 1. The molecule has 1 aromatic rings. The predicted molar refractivity (Wildman–Crippen MR) is 81.1 cm³/mol.